The fraction of sp³-hybridized carbons (Fsp3) is 0.333. The number of ether oxygens (including phenoxy) is 2. The van der Waals surface area contributed by atoms with Gasteiger partial charge < -0.3 is 20.1 Å². The highest BCUT2D eigenvalue weighted by Crippen LogP contribution is 2.27. The number of nitrogens with one attached hydrogen (secondary N) is 2. The number of non-ortho nitro benzene ring substituents is 1. The number of nitro groups is 1. The minimum Gasteiger partial charge on any atom is -0.469 e. The van der Waals surface area contributed by atoms with Gasteiger partial charge in [-0.2, -0.15) is 0 Å². The second kappa shape index (κ2) is 12.9. The summed E-state index contributed by atoms with van der Waals surface area (Å²) in [6.45, 7) is 1.18. The molecule has 0 saturated carbocycles. The fourth-order valence-corrected chi connectivity index (χ4v) is 3.58. The highest BCUT2D eigenvalue weighted by Gasteiger charge is 2.36. The number of esters is 2. The van der Waals surface area contributed by atoms with Crippen LogP contribution in [0.3, 0.4) is 0 Å². The normalized spacial score (nSPS) is 13.0. The van der Waals surface area contributed by atoms with E-state index in [0.717, 1.165) is 14.2 Å². The predicted octanol–water partition coefficient (Wildman–Crippen LogP) is 1.79. The maximum atomic E-state index is 14.2. The minimum absolute atomic E-state index is 0.155. The number of halogens is 1. The van der Waals surface area contributed by atoms with Crippen LogP contribution in [0, 0.1) is 15.9 Å². The molecule has 2 rings (SSSR count). The van der Waals surface area contributed by atoms with Gasteiger partial charge in [0.1, 0.15) is 17.9 Å². The Morgan fingerprint density at radius 2 is 1.64 bits per heavy atom. The van der Waals surface area contributed by atoms with Crippen LogP contribution in [0.1, 0.15) is 30.4 Å². The molecule has 0 heterocycles. The molecule has 0 aliphatic carbocycles. The van der Waals surface area contributed by atoms with Crippen LogP contribution in [0.15, 0.2) is 48.5 Å². The first-order valence-corrected chi connectivity index (χ1v) is 10.8. The summed E-state index contributed by atoms with van der Waals surface area (Å²) in [4.78, 5) is 60.2. The smallest absolute Gasteiger partial charge is 0.329 e. The molecule has 2 N–H and O–H groups in total. The van der Waals surface area contributed by atoms with Crippen molar-refractivity contribution in [2.24, 2.45) is 0 Å². The summed E-state index contributed by atoms with van der Waals surface area (Å²) >= 11 is 0. The van der Waals surface area contributed by atoms with Gasteiger partial charge in [-0.15, -0.1) is 0 Å². The lowest BCUT2D eigenvalue weighted by molar-refractivity contribution is -0.384. The molecule has 0 aliphatic heterocycles. The monoisotopic (exact) mass is 503 g/mol. The number of nitrogens with zero attached hydrogens (tertiary/aromatic N) is 1. The summed E-state index contributed by atoms with van der Waals surface area (Å²) in [6, 6.07) is 8.06. The Kier molecular flexibility index (Phi) is 10.0. The van der Waals surface area contributed by atoms with Crippen molar-refractivity contribution in [2.75, 3.05) is 14.2 Å². The molecule has 0 fully saturated rings. The molecule has 12 heteroatoms. The zero-order chi connectivity index (χ0) is 26.8. The van der Waals surface area contributed by atoms with Gasteiger partial charge in [0, 0.05) is 31.4 Å². The first kappa shape index (κ1) is 27.9. The molecule has 0 aromatic heterocycles. The lowest BCUT2D eigenvalue weighted by Gasteiger charge is -2.28. The molecule has 36 heavy (non-hydrogen) atoms. The molecule has 0 saturated heterocycles. The second-order valence-corrected chi connectivity index (χ2v) is 7.79. The quantitative estimate of drug-likeness (QED) is 0.267. The standard InChI is InChI=1S/C24H26FN3O8/c1-14(29)26-20(12-16-6-4-5-7-19(16)25)23(31)27-22(24(32)36-3)18(13-21(30)35-2)15-8-10-17(11-9-15)28(33)34/h4-11,18,20,22H,12-13H2,1-3H3,(H,26,29)(H,27,31)/t18-,20+,22-/m1/s1. The molecule has 3 atom stereocenters. The largest absolute Gasteiger partial charge is 0.469 e. The topological polar surface area (TPSA) is 154 Å². The number of amides is 2. The molecule has 192 valence electrons. The van der Waals surface area contributed by atoms with Crippen molar-refractivity contribution in [3.8, 4) is 0 Å². The molecule has 0 spiro atoms. The minimum atomic E-state index is -1.44. The van der Waals surface area contributed by atoms with Gasteiger partial charge in [-0.1, -0.05) is 30.3 Å². The summed E-state index contributed by atoms with van der Waals surface area (Å²) in [6.07, 6.45) is -0.600. The van der Waals surface area contributed by atoms with Gasteiger partial charge in [-0.05, 0) is 17.2 Å². The van der Waals surface area contributed by atoms with Gasteiger partial charge in [-0.3, -0.25) is 24.5 Å². The molecule has 0 unspecified atom stereocenters. The van der Waals surface area contributed by atoms with Gasteiger partial charge in [0.2, 0.25) is 11.8 Å². The third-order valence-electron chi connectivity index (χ3n) is 5.38. The Labute approximate surface area is 206 Å². The molecule has 2 aromatic rings. The Morgan fingerprint density at radius 3 is 2.17 bits per heavy atom. The Bertz CT molecular complexity index is 1120. The third kappa shape index (κ3) is 7.58. The van der Waals surface area contributed by atoms with Gasteiger partial charge in [0.15, 0.2) is 0 Å². The summed E-state index contributed by atoms with van der Waals surface area (Å²) in [5.74, 6) is -4.65. The van der Waals surface area contributed by atoms with Crippen LogP contribution in [0.25, 0.3) is 0 Å². The Morgan fingerprint density at radius 1 is 1.00 bits per heavy atom. The number of nitro benzene ring substituents is 1. The van der Waals surface area contributed by atoms with Gasteiger partial charge in [0.25, 0.3) is 5.69 Å². The van der Waals surface area contributed by atoms with E-state index < -0.39 is 52.5 Å². The number of carbonyl (C=O) groups excluding carboxylic acids is 4. The van der Waals surface area contributed by atoms with Gasteiger partial charge in [0.05, 0.1) is 25.6 Å². The van der Waals surface area contributed by atoms with E-state index >= 15 is 0 Å². The second-order valence-electron chi connectivity index (χ2n) is 7.79. The number of benzene rings is 2. The van der Waals surface area contributed by atoms with Crippen molar-refractivity contribution in [2.45, 2.75) is 37.8 Å². The maximum absolute atomic E-state index is 14.2. The van der Waals surface area contributed by atoms with E-state index in [1.807, 2.05) is 0 Å². The van der Waals surface area contributed by atoms with Crippen LogP contribution in [0.4, 0.5) is 10.1 Å². The lowest BCUT2D eigenvalue weighted by atomic mass is 9.87. The molecule has 0 radical (unpaired) electrons. The van der Waals surface area contributed by atoms with E-state index in [1.165, 1.54) is 49.4 Å². The number of methoxy groups -OCH3 is 2. The third-order valence-corrected chi connectivity index (χ3v) is 5.38. The highest BCUT2D eigenvalue weighted by atomic mass is 19.1. The van der Waals surface area contributed by atoms with Crippen LogP contribution in [-0.4, -0.2) is 55.0 Å². The average Bonchev–Trinajstić information content (AvgIpc) is 2.85. The van der Waals surface area contributed by atoms with Crippen LogP contribution >= 0.6 is 0 Å². The first-order chi connectivity index (χ1) is 17.1. The van der Waals surface area contributed by atoms with Crippen molar-refractivity contribution in [1.29, 1.82) is 0 Å². The Balaban J connectivity index is 2.43. The number of rotatable bonds is 11. The van der Waals surface area contributed by atoms with Gasteiger partial charge in [-0.25, -0.2) is 9.18 Å². The average molecular weight is 503 g/mol. The molecule has 0 aliphatic rings. The lowest BCUT2D eigenvalue weighted by Crippen LogP contribution is -2.54. The zero-order valence-corrected chi connectivity index (χ0v) is 19.9. The molecule has 0 bridgehead atoms. The SMILES string of the molecule is COC(=O)C[C@H](c1ccc([N+](=O)[O-])cc1)[C@@H](NC(=O)[C@H](Cc1ccccc1F)NC(C)=O)C(=O)OC. The van der Waals surface area contributed by atoms with E-state index in [1.54, 1.807) is 6.07 Å². The number of hydrogen-bond acceptors (Lipinski definition) is 8. The molecular formula is C24H26FN3O8. The number of carbonyl (C=O) groups is 4. The summed E-state index contributed by atoms with van der Waals surface area (Å²) in [7, 11) is 2.22. The summed E-state index contributed by atoms with van der Waals surface area (Å²) in [5.41, 5.74) is 0.249. The summed E-state index contributed by atoms with van der Waals surface area (Å²) < 4.78 is 23.7. The first-order valence-electron chi connectivity index (χ1n) is 10.8. The van der Waals surface area contributed by atoms with Crippen molar-refractivity contribution in [1.82, 2.24) is 10.6 Å². The van der Waals surface area contributed by atoms with Gasteiger partial charge >= 0.3 is 11.9 Å². The molecule has 11 nitrogen and oxygen atoms in total. The number of hydrogen-bond donors (Lipinski definition) is 2. The zero-order valence-electron chi connectivity index (χ0n) is 19.9. The van der Waals surface area contributed by atoms with E-state index in [0.29, 0.717) is 5.56 Å². The van der Waals surface area contributed by atoms with E-state index in [2.05, 4.69) is 10.6 Å². The van der Waals surface area contributed by atoms with Crippen molar-refractivity contribution >= 4 is 29.4 Å². The van der Waals surface area contributed by atoms with Crippen LogP contribution in [-0.2, 0) is 35.1 Å². The fourth-order valence-electron chi connectivity index (χ4n) is 3.58. The van der Waals surface area contributed by atoms with Crippen molar-refractivity contribution in [3.05, 3.63) is 75.6 Å². The highest BCUT2D eigenvalue weighted by molar-refractivity contribution is 5.91. The summed E-state index contributed by atoms with van der Waals surface area (Å²) in [5, 5.41) is 15.9. The predicted molar refractivity (Wildman–Crippen MR) is 124 cm³/mol. The van der Waals surface area contributed by atoms with E-state index in [9.17, 15) is 33.7 Å². The van der Waals surface area contributed by atoms with Crippen molar-refractivity contribution in [3.63, 3.8) is 0 Å². The van der Waals surface area contributed by atoms with Crippen molar-refractivity contribution < 1.29 is 38.0 Å². The molecular weight excluding hydrogens is 477 g/mol. The molecule has 2 amide bonds. The van der Waals surface area contributed by atoms with E-state index in [-0.39, 0.29) is 24.1 Å². The van der Waals surface area contributed by atoms with E-state index in [4.69, 9.17) is 9.47 Å². The van der Waals surface area contributed by atoms with Crippen LogP contribution in [0.2, 0.25) is 0 Å². The van der Waals surface area contributed by atoms with Crippen LogP contribution in [0.5, 0.6) is 0 Å². The molecule has 2 aromatic carbocycles. The maximum Gasteiger partial charge on any atom is 0.329 e. The van der Waals surface area contributed by atoms with Crippen LogP contribution < -0.4 is 10.6 Å². The Hall–Kier alpha value is -4.35.